The summed E-state index contributed by atoms with van der Waals surface area (Å²) in [7, 11) is 2.10. The van der Waals surface area contributed by atoms with E-state index in [2.05, 4.69) is 50.1 Å². The van der Waals surface area contributed by atoms with E-state index in [9.17, 15) is 0 Å². The molecule has 2 heteroatoms. The number of para-hydroxylation sites is 1. The number of rotatable bonds is 4. The molecular weight excluding hydrogens is 172 g/mol. The van der Waals surface area contributed by atoms with Crippen molar-refractivity contribution in [1.29, 1.82) is 0 Å². The fourth-order valence-corrected chi connectivity index (χ4v) is 1.54. The number of nitrogens with two attached hydrogens (primary N) is 1. The average molecular weight is 192 g/mol. The molecule has 0 aliphatic heterocycles. The molecule has 0 bridgehead atoms. The zero-order valence-electron chi connectivity index (χ0n) is 9.33. The Morgan fingerprint density at radius 2 is 1.93 bits per heavy atom. The molecule has 0 fully saturated rings. The lowest BCUT2D eigenvalue weighted by Gasteiger charge is -2.23. The first-order valence-corrected chi connectivity index (χ1v) is 5.26. The molecule has 2 nitrogen and oxygen atoms in total. The molecule has 0 spiro atoms. The molecule has 0 heterocycles. The number of benzene rings is 1. The minimum absolute atomic E-state index is 0.153. The Morgan fingerprint density at radius 3 is 2.50 bits per heavy atom. The molecule has 1 atom stereocenters. The monoisotopic (exact) mass is 192 g/mol. The fourth-order valence-electron chi connectivity index (χ4n) is 1.54. The highest BCUT2D eigenvalue weighted by atomic mass is 15.1. The highest BCUT2D eigenvalue weighted by Crippen LogP contribution is 2.25. The van der Waals surface area contributed by atoms with Gasteiger partial charge in [-0.3, -0.25) is 0 Å². The van der Waals surface area contributed by atoms with Gasteiger partial charge in [-0.25, -0.2) is 0 Å². The summed E-state index contributed by atoms with van der Waals surface area (Å²) in [6.45, 7) is 5.27. The van der Waals surface area contributed by atoms with E-state index in [0.717, 1.165) is 13.0 Å². The lowest BCUT2D eigenvalue weighted by Crippen LogP contribution is -2.20. The van der Waals surface area contributed by atoms with Gasteiger partial charge in [0.05, 0.1) is 0 Å². The van der Waals surface area contributed by atoms with Gasteiger partial charge in [0.25, 0.3) is 0 Å². The highest BCUT2D eigenvalue weighted by Gasteiger charge is 2.10. The molecule has 0 aliphatic rings. The van der Waals surface area contributed by atoms with Crippen molar-refractivity contribution in [2.24, 2.45) is 5.73 Å². The molecule has 0 unspecified atom stereocenters. The molecule has 1 aromatic carbocycles. The summed E-state index contributed by atoms with van der Waals surface area (Å²) in [6.07, 6.45) is 0.981. The van der Waals surface area contributed by atoms with Crippen molar-refractivity contribution in [3.05, 3.63) is 29.8 Å². The van der Waals surface area contributed by atoms with Crippen LogP contribution in [0.25, 0.3) is 0 Å². The second-order valence-corrected chi connectivity index (χ2v) is 3.59. The number of anilines is 1. The zero-order chi connectivity index (χ0) is 10.6. The van der Waals surface area contributed by atoms with E-state index in [1.807, 2.05) is 0 Å². The minimum atomic E-state index is 0.153. The molecule has 0 radical (unpaired) electrons. The van der Waals surface area contributed by atoms with Crippen LogP contribution in [0.15, 0.2) is 24.3 Å². The normalized spacial score (nSPS) is 12.6. The Kier molecular flexibility index (Phi) is 3.96. The Labute approximate surface area is 86.7 Å². The largest absolute Gasteiger partial charge is 0.375 e. The quantitative estimate of drug-likeness (QED) is 0.794. The van der Waals surface area contributed by atoms with E-state index in [1.165, 1.54) is 11.3 Å². The first-order valence-electron chi connectivity index (χ1n) is 5.26. The first-order chi connectivity index (χ1) is 6.70. The van der Waals surface area contributed by atoms with Gasteiger partial charge in [0, 0.05) is 25.3 Å². The van der Waals surface area contributed by atoms with Crippen LogP contribution in [0.3, 0.4) is 0 Å². The number of hydrogen-bond donors (Lipinski definition) is 1. The van der Waals surface area contributed by atoms with Crippen LogP contribution in [0.4, 0.5) is 5.69 Å². The predicted molar refractivity (Wildman–Crippen MR) is 62.6 cm³/mol. The summed E-state index contributed by atoms with van der Waals surface area (Å²) in [5.74, 6) is 0. The smallest absolute Gasteiger partial charge is 0.0411 e. The maximum absolute atomic E-state index is 6.06. The van der Waals surface area contributed by atoms with Crippen LogP contribution in [0.2, 0.25) is 0 Å². The molecule has 1 rings (SSSR count). The summed E-state index contributed by atoms with van der Waals surface area (Å²) < 4.78 is 0. The summed E-state index contributed by atoms with van der Waals surface area (Å²) in [5, 5.41) is 0. The molecule has 1 aromatic rings. The van der Waals surface area contributed by atoms with Crippen LogP contribution in [0.5, 0.6) is 0 Å². The summed E-state index contributed by atoms with van der Waals surface area (Å²) in [5.41, 5.74) is 8.56. The van der Waals surface area contributed by atoms with Gasteiger partial charge < -0.3 is 10.6 Å². The van der Waals surface area contributed by atoms with Crippen LogP contribution in [0.1, 0.15) is 31.9 Å². The maximum atomic E-state index is 6.06. The molecule has 14 heavy (non-hydrogen) atoms. The molecule has 78 valence electrons. The van der Waals surface area contributed by atoms with Gasteiger partial charge >= 0.3 is 0 Å². The van der Waals surface area contributed by atoms with Crippen molar-refractivity contribution in [3.63, 3.8) is 0 Å². The van der Waals surface area contributed by atoms with Crippen molar-refractivity contribution in [2.45, 2.75) is 26.3 Å². The summed E-state index contributed by atoms with van der Waals surface area (Å²) >= 11 is 0. The van der Waals surface area contributed by atoms with E-state index >= 15 is 0 Å². The lowest BCUT2D eigenvalue weighted by atomic mass is 10.0. The molecule has 2 N–H and O–H groups in total. The van der Waals surface area contributed by atoms with E-state index in [1.54, 1.807) is 0 Å². The summed E-state index contributed by atoms with van der Waals surface area (Å²) in [4.78, 5) is 2.23. The van der Waals surface area contributed by atoms with Crippen LogP contribution in [0, 0.1) is 0 Å². The van der Waals surface area contributed by atoms with Crippen molar-refractivity contribution in [3.8, 4) is 0 Å². The van der Waals surface area contributed by atoms with E-state index in [0.29, 0.717) is 0 Å². The second kappa shape index (κ2) is 5.01. The van der Waals surface area contributed by atoms with Gasteiger partial charge in [-0.15, -0.1) is 0 Å². The van der Waals surface area contributed by atoms with Crippen LogP contribution in [-0.2, 0) is 0 Å². The Hall–Kier alpha value is -1.02. The van der Waals surface area contributed by atoms with Crippen molar-refractivity contribution in [2.75, 3.05) is 18.5 Å². The fraction of sp³-hybridized carbons (Fsp3) is 0.500. The van der Waals surface area contributed by atoms with Gasteiger partial charge in [0.1, 0.15) is 0 Å². The minimum Gasteiger partial charge on any atom is -0.375 e. The number of nitrogens with zero attached hydrogens (tertiary/aromatic N) is 1. The van der Waals surface area contributed by atoms with E-state index in [4.69, 9.17) is 5.73 Å². The second-order valence-electron chi connectivity index (χ2n) is 3.59. The molecular formula is C12H20N2. The molecule has 0 amide bonds. The molecule has 0 aromatic heterocycles. The Morgan fingerprint density at radius 1 is 1.29 bits per heavy atom. The average Bonchev–Trinajstić information content (AvgIpc) is 2.27. The topological polar surface area (TPSA) is 29.3 Å². The van der Waals surface area contributed by atoms with Gasteiger partial charge in [-0.05, 0) is 25.0 Å². The summed E-state index contributed by atoms with van der Waals surface area (Å²) in [6, 6.07) is 8.52. The van der Waals surface area contributed by atoms with Crippen LogP contribution in [-0.4, -0.2) is 13.6 Å². The zero-order valence-corrected chi connectivity index (χ0v) is 9.33. The Balaban J connectivity index is 3.02. The SMILES string of the molecule is CC[C@@H](N)c1ccccc1N(C)CC. The lowest BCUT2D eigenvalue weighted by molar-refractivity contribution is 0.695. The third-order valence-electron chi connectivity index (χ3n) is 2.66. The van der Waals surface area contributed by atoms with Gasteiger partial charge in [-0.1, -0.05) is 25.1 Å². The highest BCUT2D eigenvalue weighted by molar-refractivity contribution is 5.54. The van der Waals surface area contributed by atoms with Crippen molar-refractivity contribution >= 4 is 5.69 Å². The van der Waals surface area contributed by atoms with Crippen molar-refractivity contribution < 1.29 is 0 Å². The molecule has 0 aliphatic carbocycles. The third kappa shape index (κ3) is 2.26. The molecule has 0 saturated heterocycles. The van der Waals surface area contributed by atoms with Crippen molar-refractivity contribution in [1.82, 2.24) is 0 Å². The van der Waals surface area contributed by atoms with E-state index < -0.39 is 0 Å². The maximum Gasteiger partial charge on any atom is 0.0411 e. The van der Waals surface area contributed by atoms with Gasteiger partial charge in [0.2, 0.25) is 0 Å². The van der Waals surface area contributed by atoms with Crippen LogP contribution >= 0.6 is 0 Å². The first kappa shape index (κ1) is 11.1. The standard InChI is InChI=1S/C12H20N2/c1-4-11(13)10-8-6-7-9-12(10)14(3)5-2/h6-9,11H,4-5,13H2,1-3H3/t11-/m1/s1. The van der Waals surface area contributed by atoms with Gasteiger partial charge in [-0.2, -0.15) is 0 Å². The van der Waals surface area contributed by atoms with Gasteiger partial charge in [0.15, 0.2) is 0 Å². The third-order valence-corrected chi connectivity index (χ3v) is 2.66. The Bertz CT molecular complexity index is 254. The van der Waals surface area contributed by atoms with E-state index in [-0.39, 0.29) is 6.04 Å². The van der Waals surface area contributed by atoms with Crippen LogP contribution < -0.4 is 10.6 Å². The predicted octanol–water partition coefficient (Wildman–Crippen LogP) is 2.55. The number of hydrogen-bond acceptors (Lipinski definition) is 2. The molecule has 0 saturated carbocycles.